The van der Waals surface area contributed by atoms with E-state index < -0.39 is 0 Å². The number of carbonyl (C=O) groups is 1. The molecule has 0 saturated carbocycles. The zero-order chi connectivity index (χ0) is 24.0. The third-order valence-electron chi connectivity index (χ3n) is 5.69. The van der Waals surface area contributed by atoms with Crippen LogP contribution in [-0.2, 0) is 0 Å². The molecule has 0 atom stereocenters. The highest BCUT2D eigenvalue weighted by Gasteiger charge is 2.16. The van der Waals surface area contributed by atoms with Crippen molar-refractivity contribution in [1.29, 1.82) is 0 Å². The maximum Gasteiger partial charge on any atom is 0.291 e. The fourth-order valence-corrected chi connectivity index (χ4v) is 3.80. The van der Waals surface area contributed by atoms with E-state index in [2.05, 4.69) is 52.0 Å². The predicted molar refractivity (Wildman–Crippen MR) is 141 cm³/mol. The van der Waals surface area contributed by atoms with Gasteiger partial charge in [-0.05, 0) is 41.8 Å². The minimum Gasteiger partial charge on any atom is -0.265 e. The maximum absolute atomic E-state index is 12.9. The topological polar surface area (TPSA) is 59.3 Å². The van der Waals surface area contributed by atoms with Gasteiger partial charge in [0.25, 0.3) is 5.91 Å². The summed E-state index contributed by atoms with van der Waals surface area (Å²) >= 11 is 0. The van der Waals surface area contributed by atoms with Crippen LogP contribution in [0.4, 0.5) is 0 Å². The average Bonchev–Trinajstić information content (AvgIpc) is 3.37. The van der Waals surface area contributed by atoms with Crippen molar-refractivity contribution in [1.82, 2.24) is 15.2 Å². The van der Waals surface area contributed by atoms with E-state index in [1.165, 1.54) is 5.56 Å². The second-order valence-electron chi connectivity index (χ2n) is 8.22. The first kappa shape index (κ1) is 22.0. The molecule has 1 N–H and O–H groups in total. The molecule has 1 heterocycles. The minimum absolute atomic E-state index is 0.289. The van der Waals surface area contributed by atoms with E-state index in [4.69, 9.17) is 0 Å². The maximum atomic E-state index is 12.9. The first-order chi connectivity index (χ1) is 17.2. The number of carbonyl (C=O) groups excluding carboxylic acids is 1. The number of para-hydroxylation sites is 1. The van der Waals surface area contributed by atoms with E-state index in [9.17, 15) is 4.79 Å². The second-order valence-corrected chi connectivity index (χ2v) is 8.22. The molecule has 0 saturated heterocycles. The van der Waals surface area contributed by atoms with Crippen LogP contribution in [0.3, 0.4) is 0 Å². The van der Waals surface area contributed by atoms with E-state index in [1.54, 1.807) is 17.0 Å². The van der Waals surface area contributed by atoms with Gasteiger partial charge in [-0.2, -0.15) is 10.2 Å². The van der Waals surface area contributed by atoms with E-state index in [1.807, 2.05) is 79.7 Å². The highest BCUT2D eigenvalue weighted by molar-refractivity contribution is 5.94. The van der Waals surface area contributed by atoms with Gasteiger partial charge >= 0.3 is 0 Å². The summed E-state index contributed by atoms with van der Waals surface area (Å²) in [7, 11) is 0. The number of aromatic nitrogens is 2. The highest BCUT2D eigenvalue weighted by atomic mass is 16.2. The Labute approximate surface area is 204 Å². The average molecular weight is 457 g/mol. The monoisotopic (exact) mass is 456 g/mol. The SMILES string of the molecule is Cc1ccc(/C=N\NC(=O)c2cc(-c3ccc(-c4ccccc4)cc3)n(-c3ccccc3)n2)cc1. The van der Waals surface area contributed by atoms with E-state index in [0.717, 1.165) is 33.6 Å². The molecule has 0 aliphatic rings. The van der Waals surface area contributed by atoms with Crippen molar-refractivity contribution in [2.75, 3.05) is 0 Å². The molecule has 0 aliphatic carbocycles. The Bertz CT molecular complexity index is 1450. The van der Waals surface area contributed by atoms with Gasteiger partial charge in [-0.15, -0.1) is 0 Å². The van der Waals surface area contributed by atoms with E-state index in [0.29, 0.717) is 0 Å². The standard InChI is InChI=1S/C30H24N4O/c1-22-12-14-23(15-13-22)21-31-32-30(35)28-20-29(34(33-28)27-10-6-3-7-11-27)26-18-16-25(17-19-26)24-8-4-2-5-9-24/h2-21H,1H3,(H,32,35)/b31-21-. The lowest BCUT2D eigenvalue weighted by Crippen LogP contribution is -2.18. The van der Waals surface area contributed by atoms with Crippen molar-refractivity contribution >= 4 is 12.1 Å². The number of rotatable bonds is 6. The van der Waals surface area contributed by atoms with Crippen molar-refractivity contribution in [2.45, 2.75) is 6.92 Å². The van der Waals surface area contributed by atoms with Crippen LogP contribution >= 0.6 is 0 Å². The lowest BCUT2D eigenvalue weighted by Gasteiger charge is -2.08. The molecule has 0 spiro atoms. The smallest absolute Gasteiger partial charge is 0.265 e. The summed E-state index contributed by atoms with van der Waals surface area (Å²) in [6, 6.07) is 38.0. The number of hydrogen-bond acceptors (Lipinski definition) is 3. The van der Waals surface area contributed by atoms with Crippen LogP contribution in [0.15, 0.2) is 120 Å². The molecule has 0 bridgehead atoms. The Morgan fingerprint density at radius 1 is 0.771 bits per heavy atom. The van der Waals surface area contributed by atoms with Crippen molar-refractivity contribution < 1.29 is 4.79 Å². The number of aryl methyl sites for hydroxylation is 1. The van der Waals surface area contributed by atoms with Gasteiger partial charge < -0.3 is 0 Å². The Hall–Kier alpha value is -4.77. The van der Waals surface area contributed by atoms with Gasteiger partial charge in [0.1, 0.15) is 0 Å². The van der Waals surface area contributed by atoms with Crippen LogP contribution in [-0.4, -0.2) is 21.9 Å². The highest BCUT2D eigenvalue weighted by Crippen LogP contribution is 2.27. The number of amides is 1. The molecular weight excluding hydrogens is 432 g/mol. The quantitative estimate of drug-likeness (QED) is 0.241. The summed E-state index contributed by atoms with van der Waals surface area (Å²) in [6.07, 6.45) is 1.62. The summed E-state index contributed by atoms with van der Waals surface area (Å²) in [5.74, 6) is -0.370. The Morgan fingerprint density at radius 2 is 1.37 bits per heavy atom. The summed E-state index contributed by atoms with van der Waals surface area (Å²) in [5, 5.41) is 8.71. The Balaban J connectivity index is 1.44. The number of hydrazone groups is 1. The van der Waals surface area contributed by atoms with E-state index >= 15 is 0 Å². The second kappa shape index (κ2) is 10.0. The van der Waals surface area contributed by atoms with Crippen LogP contribution in [0.5, 0.6) is 0 Å². The van der Waals surface area contributed by atoms with Crippen LogP contribution in [0, 0.1) is 6.92 Å². The minimum atomic E-state index is -0.370. The van der Waals surface area contributed by atoms with Crippen LogP contribution < -0.4 is 5.43 Å². The molecule has 4 aromatic carbocycles. The number of nitrogens with one attached hydrogen (secondary N) is 1. The van der Waals surface area contributed by atoms with Gasteiger partial charge in [-0.25, -0.2) is 10.1 Å². The molecule has 0 aliphatic heterocycles. The molecule has 5 rings (SSSR count). The lowest BCUT2D eigenvalue weighted by atomic mass is 10.0. The number of benzene rings is 4. The van der Waals surface area contributed by atoms with E-state index in [-0.39, 0.29) is 11.6 Å². The summed E-state index contributed by atoms with van der Waals surface area (Å²) < 4.78 is 1.79. The van der Waals surface area contributed by atoms with Gasteiger partial charge in [-0.1, -0.05) is 103 Å². The third kappa shape index (κ3) is 5.09. The zero-order valence-electron chi connectivity index (χ0n) is 19.3. The molecule has 170 valence electrons. The van der Waals surface area contributed by atoms with Gasteiger partial charge in [-0.3, -0.25) is 4.79 Å². The summed E-state index contributed by atoms with van der Waals surface area (Å²) in [4.78, 5) is 12.9. The molecule has 0 unspecified atom stereocenters. The van der Waals surface area contributed by atoms with Crippen molar-refractivity contribution in [3.8, 4) is 28.1 Å². The van der Waals surface area contributed by atoms with Gasteiger partial charge in [0.2, 0.25) is 0 Å². The first-order valence-corrected chi connectivity index (χ1v) is 11.4. The molecule has 5 aromatic rings. The molecule has 0 radical (unpaired) electrons. The third-order valence-corrected chi connectivity index (χ3v) is 5.69. The molecule has 5 nitrogen and oxygen atoms in total. The van der Waals surface area contributed by atoms with Gasteiger partial charge in [0.15, 0.2) is 5.69 Å². The predicted octanol–water partition coefficient (Wildman–Crippen LogP) is 6.28. The number of nitrogens with zero attached hydrogens (tertiary/aromatic N) is 3. The molecule has 1 aromatic heterocycles. The zero-order valence-corrected chi connectivity index (χ0v) is 19.3. The number of hydrogen-bond donors (Lipinski definition) is 1. The lowest BCUT2D eigenvalue weighted by molar-refractivity contribution is 0.0949. The Morgan fingerprint density at radius 3 is 2.06 bits per heavy atom. The normalized spacial score (nSPS) is 11.0. The summed E-state index contributed by atoms with van der Waals surface area (Å²) in [5.41, 5.74) is 9.89. The van der Waals surface area contributed by atoms with Crippen molar-refractivity contribution in [3.63, 3.8) is 0 Å². The fraction of sp³-hybridized carbons (Fsp3) is 0.0333. The van der Waals surface area contributed by atoms with Crippen molar-refractivity contribution in [3.05, 3.63) is 132 Å². The van der Waals surface area contributed by atoms with Crippen LogP contribution in [0.2, 0.25) is 0 Å². The molecule has 5 heteroatoms. The fourth-order valence-electron chi connectivity index (χ4n) is 3.80. The Kier molecular flexibility index (Phi) is 6.31. The molecule has 1 amide bonds. The van der Waals surface area contributed by atoms with Crippen LogP contribution in [0.25, 0.3) is 28.1 Å². The molecule has 0 fully saturated rings. The molecule has 35 heavy (non-hydrogen) atoms. The first-order valence-electron chi connectivity index (χ1n) is 11.4. The van der Waals surface area contributed by atoms with Gasteiger partial charge in [0, 0.05) is 5.56 Å². The van der Waals surface area contributed by atoms with Crippen LogP contribution in [0.1, 0.15) is 21.6 Å². The largest absolute Gasteiger partial charge is 0.291 e. The van der Waals surface area contributed by atoms with Crippen molar-refractivity contribution in [2.24, 2.45) is 5.10 Å². The molecular formula is C30H24N4O. The summed E-state index contributed by atoms with van der Waals surface area (Å²) in [6.45, 7) is 2.03. The van der Waals surface area contributed by atoms with Gasteiger partial charge in [0.05, 0.1) is 17.6 Å².